The molecular weight excluding hydrogens is 266 g/mol. The van der Waals surface area contributed by atoms with Crippen LogP contribution in [0.4, 0.5) is 0 Å². The van der Waals surface area contributed by atoms with Crippen molar-refractivity contribution in [2.75, 3.05) is 12.8 Å². The van der Waals surface area contributed by atoms with E-state index in [1.807, 2.05) is 37.4 Å². The third kappa shape index (κ3) is 4.29. The number of rotatable bonds is 6. The summed E-state index contributed by atoms with van der Waals surface area (Å²) in [6, 6.07) is 18.6. The van der Waals surface area contributed by atoms with Gasteiger partial charge in [-0.25, -0.2) is 0 Å². The van der Waals surface area contributed by atoms with Gasteiger partial charge in [0, 0.05) is 28.3 Å². The summed E-state index contributed by atoms with van der Waals surface area (Å²) >= 11 is 0. The van der Waals surface area contributed by atoms with Gasteiger partial charge in [0.1, 0.15) is 0 Å². The van der Waals surface area contributed by atoms with E-state index in [2.05, 4.69) is 36.5 Å². The smallest absolute Gasteiger partial charge is 0.0486 e. The molecule has 0 aliphatic heterocycles. The van der Waals surface area contributed by atoms with Gasteiger partial charge in [-0.3, -0.25) is 4.21 Å². The first-order chi connectivity index (χ1) is 9.69. The molecule has 0 spiro atoms. The summed E-state index contributed by atoms with van der Waals surface area (Å²) in [6.07, 6.45) is 0. The Morgan fingerprint density at radius 1 is 1.05 bits per heavy atom. The molecule has 0 aliphatic carbocycles. The van der Waals surface area contributed by atoms with E-state index >= 15 is 0 Å². The minimum atomic E-state index is -0.869. The van der Waals surface area contributed by atoms with E-state index in [-0.39, 0.29) is 6.04 Å². The van der Waals surface area contributed by atoms with Crippen LogP contribution in [0.5, 0.6) is 0 Å². The Morgan fingerprint density at radius 2 is 1.70 bits per heavy atom. The quantitative estimate of drug-likeness (QED) is 0.884. The van der Waals surface area contributed by atoms with Gasteiger partial charge in [-0.2, -0.15) is 0 Å². The Balaban J connectivity index is 1.99. The first-order valence-corrected chi connectivity index (χ1v) is 8.30. The maximum absolute atomic E-state index is 12.3. The van der Waals surface area contributed by atoms with Crippen LogP contribution in [0.1, 0.15) is 22.7 Å². The predicted octanol–water partition coefficient (Wildman–Crippen LogP) is 3.20. The molecule has 106 valence electrons. The minimum Gasteiger partial charge on any atom is -0.312 e. The fourth-order valence-electron chi connectivity index (χ4n) is 2.15. The zero-order chi connectivity index (χ0) is 14.4. The van der Waals surface area contributed by atoms with Crippen molar-refractivity contribution in [1.82, 2.24) is 5.32 Å². The van der Waals surface area contributed by atoms with Crippen LogP contribution in [-0.4, -0.2) is 17.0 Å². The third-order valence-corrected chi connectivity index (χ3v) is 4.71. The molecule has 2 atom stereocenters. The van der Waals surface area contributed by atoms with Crippen LogP contribution in [0.25, 0.3) is 0 Å². The van der Waals surface area contributed by atoms with E-state index in [1.165, 1.54) is 11.1 Å². The lowest BCUT2D eigenvalue weighted by atomic mass is 10.1. The van der Waals surface area contributed by atoms with Gasteiger partial charge >= 0.3 is 0 Å². The number of benzene rings is 2. The lowest BCUT2D eigenvalue weighted by Crippen LogP contribution is -2.23. The Bertz CT molecular complexity index is 551. The highest BCUT2D eigenvalue weighted by molar-refractivity contribution is 7.84. The monoisotopic (exact) mass is 287 g/mol. The Labute approximate surface area is 123 Å². The van der Waals surface area contributed by atoms with Gasteiger partial charge in [-0.05, 0) is 25.1 Å². The summed E-state index contributed by atoms with van der Waals surface area (Å²) in [5.41, 5.74) is 3.57. The van der Waals surface area contributed by atoms with E-state index in [0.717, 1.165) is 5.56 Å². The van der Waals surface area contributed by atoms with Crippen LogP contribution in [-0.2, 0) is 16.6 Å². The van der Waals surface area contributed by atoms with Gasteiger partial charge in [0.05, 0.1) is 0 Å². The molecule has 2 aromatic carbocycles. The molecule has 20 heavy (non-hydrogen) atoms. The topological polar surface area (TPSA) is 29.1 Å². The molecule has 0 bridgehead atoms. The minimum absolute atomic E-state index is 0.139. The molecule has 0 aromatic heterocycles. The molecule has 0 amide bonds. The summed E-state index contributed by atoms with van der Waals surface area (Å²) in [6.45, 7) is 2.08. The highest BCUT2D eigenvalue weighted by Gasteiger charge is 2.13. The van der Waals surface area contributed by atoms with Crippen molar-refractivity contribution >= 4 is 10.8 Å². The summed E-state index contributed by atoms with van der Waals surface area (Å²) in [7, 11) is 1.05. The SMILES string of the molecule is CNC(CS(=O)Cc1ccccc1)c1ccc(C)cc1. The maximum atomic E-state index is 12.3. The molecule has 0 fully saturated rings. The Kier molecular flexibility index (Phi) is 5.50. The molecule has 1 N–H and O–H groups in total. The molecule has 2 unspecified atom stereocenters. The highest BCUT2D eigenvalue weighted by atomic mass is 32.2. The molecule has 0 radical (unpaired) electrons. The molecule has 0 saturated carbocycles. The predicted molar refractivity (Wildman–Crippen MR) is 86.1 cm³/mol. The number of nitrogens with one attached hydrogen (secondary N) is 1. The molecule has 2 rings (SSSR count). The second kappa shape index (κ2) is 7.36. The lowest BCUT2D eigenvalue weighted by molar-refractivity contribution is 0.635. The second-order valence-electron chi connectivity index (χ2n) is 4.99. The van der Waals surface area contributed by atoms with Crippen LogP contribution in [0.15, 0.2) is 54.6 Å². The van der Waals surface area contributed by atoms with Gasteiger partial charge in [0.15, 0.2) is 0 Å². The van der Waals surface area contributed by atoms with Crippen molar-refractivity contribution in [2.24, 2.45) is 0 Å². The van der Waals surface area contributed by atoms with Crippen LogP contribution in [0.3, 0.4) is 0 Å². The van der Waals surface area contributed by atoms with Crippen LogP contribution >= 0.6 is 0 Å². The van der Waals surface area contributed by atoms with Gasteiger partial charge in [0.2, 0.25) is 0 Å². The fraction of sp³-hybridized carbons (Fsp3) is 0.294. The highest BCUT2D eigenvalue weighted by Crippen LogP contribution is 2.16. The standard InChI is InChI=1S/C17H21NOS/c1-14-8-10-16(11-9-14)17(18-2)13-20(19)12-15-6-4-3-5-7-15/h3-11,17-18H,12-13H2,1-2H3. The van der Waals surface area contributed by atoms with Crippen molar-refractivity contribution < 1.29 is 4.21 Å². The van der Waals surface area contributed by atoms with Gasteiger partial charge in [0.25, 0.3) is 0 Å². The van der Waals surface area contributed by atoms with Gasteiger partial charge < -0.3 is 5.32 Å². The molecule has 0 saturated heterocycles. The van der Waals surface area contributed by atoms with Gasteiger partial charge in [-0.15, -0.1) is 0 Å². The van der Waals surface area contributed by atoms with E-state index in [0.29, 0.717) is 11.5 Å². The van der Waals surface area contributed by atoms with E-state index in [9.17, 15) is 4.21 Å². The number of hydrogen-bond acceptors (Lipinski definition) is 2. The molecule has 2 aromatic rings. The number of aryl methyl sites for hydroxylation is 1. The van der Waals surface area contributed by atoms with Crippen molar-refractivity contribution in [3.8, 4) is 0 Å². The largest absolute Gasteiger partial charge is 0.312 e. The van der Waals surface area contributed by atoms with Crippen molar-refractivity contribution in [2.45, 2.75) is 18.7 Å². The fourth-order valence-corrected chi connectivity index (χ4v) is 3.56. The first-order valence-electron chi connectivity index (χ1n) is 6.82. The third-order valence-electron chi connectivity index (χ3n) is 3.35. The molecular formula is C17H21NOS. The van der Waals surface area contributed by atoms with Crippen molar-refractivity contribution in [3.63, 3.8) is 0 Å². The van der Waals surface area contributed by atoms with E-state index < -0.39 is 10.8 Å². The Hall–Kier alpha value is -1.45. The normalized spacial score (nSPS) is 13.9. The average Bonchev–Trinajstić information content (AvgIpc) is 2.47. The first kappa shape index (κ1) is 14.9. The molecule has 0 heterocycles. The molecule has 0 aliphatic rings. The van der Waals surface area contributed by atoms with Crippen LogP contribution in [0, 0.1) is 6.92 Å². The zero-order valence-electron chi connectivity index (χ0n) is 12.0. The second-order valence-corrected chi connectivity index (χ2v) is 6.49. The van der Waals surface area contributed by atoms with Crippen molar-refractivity contribution in [3.05, 3.63) is 71.3 Å². The number of hydrogen-bond donors (Lipinski definition) is 1. The zero-order valence-corrected chi connectivity index (χ0v) is 12.8. The molecule has 2 nitrogen and oxygen atoms in total. The average molecular weight is 287 g/mol. The molecule has 3 heteroatoms. The van der Waals surface area contributed by atoms with E-state index in [1.54, 1.807) is 0 Å². The summed E-state index contributed by atoms with van der Waals surface area (Å²) in [5.74, 6) is 1.25. The lowest BCUT2D eigenvalue weighted by Gasteiger charge is -2.16. The van der Waals surface area contributed by atoms with Crippen LogP contribution in [0.2, 0.25) is 0 Å². The Morgan fingerprint density at radius 3 is 2.30 bits per heavy atom. The summed E-state index contributed by atoms with van der Waals surface area (Å²) < 4.78 is 12.3. The van der Waals surface area contributed by atoms with Crippen molar-refractivity contribution in [1.29, 1.82) is 0 Å². The van der Waals surface area contributed by atoms with E-state index in [4.69, 9.17) is 0 Å². The van der Waals surface area contributed by atoms with Crippen LogP contribution < -0.4 is 5.32 Å². The maximum Gasteiger partial charge on any atom is 0.0486 e. The summed E-state index contributed by atoms with van der Waals surface area (Å²) in [4.78, 5) is 0. The summed E-state index contributed by atoms with van der Waals surface area (Å²) in [5, 5.41) is 3.26. The van der Waals surface area contributed by atoms with Gasteiger partial charge in [-0.1, -0.05) is 60.2 Å².